The first kappa shape index (κ1) is 9.07. The number of ketones is 1. The Hall–Kier alpha value is -0.0200. The van der Waals surface area contributed by atoms with Gasteiger partial charge in [0, 0.05) is 5.92 Å². The summed E-state index contributed by atoms with van der Waals surface area (Å²) in [7, 11) is 0. The Kier molecular flexibility index (Phi) is 3.40. The average Bonchev–Trinajstić information content (AvgIpc) is 2.36. The van der Waals surface area contributed by atoms with Crippen molar-refractivity contribution in [2.45, 2.75) is 19.4 Å². The lowest BCUT2D eigenvalue weighted by Gasteiger charge is -2.03. The molecule has 0 saturated carbocycles. The molecule has 0 radical (unpaired) electrons. The predicted molar refractivity (Wildman–Crippen MR) is 46.9 cm³/mol. The smallest absolute Gasteiger partial charge is 0.148 e. The van der Waals surface area contributed by atoms with E-state index in [-0.39, 0.29) is 12.0 Å². The molecule has 0 aliphatic carbocycles. The van der Waals surface area contributed by atoms with Gasteiger partial charge in [0.2, 0.25) is 0 Å². The Morgan fingerprint density at radius 1 is 1.73 bits per heavy atom. The van der Waals surface area contributed by atoms with E-state index >= 15 is 0 Å². The van der Waals surface area contributed by atoms with Crippen LogP contribution in [0.5, 0.6) is 0 Å². The van der Waals surface area contributed by atoms with Crippen LogP contribution in [0.25, 0.3) is 0 Å². The monoisotopic (exact) mass is 174 g/mol. The molecule has 1 rings (SSSR count). The highest BCUT2D eigenvalue weighted by Crippen LogP contribution is 2.20. The van der Waals surface area contributed by atoms with Crippen LogP contribution in [0.2, 0.25) is 0 Å². The Morgan fingerprint density at radius 2 is 2.45 bits per heavy atom. The third kappa shape index (κ3) is 2.49. The summed E-state index contributed by atoms with van der Waals surface area (Å²) in [6.07, 6.45) is 3.15. The third-order valence-electron chi connectivity index (χ3n) is 1.94. The number of thioether (sulfide) groups is 1. The lowest BCUT2D eigenvalue weighted by molar-refractivity contribution is -0.120. The lowest BCUT2D eigenvalue weighted by atomic mass is 10.0. The summed E-state index contributed by atoms with van der Waals surface area (Å²) in [5.74, 6) is 1.17. The van der Waals surface area contributed by atoms with Crippen LogP contribution in [-0.4, -0.2) is 30.5 Å². The van der Waals surface area contributed by atoms with Crippen molar-refractivity contribution in [3.63, 3.8) is 0 Å². The van der Waals surface area contributed by atoms with Crippen LogP contribution < -0.4 is 0 Å². The number of rotatable bonds is 3. The predicted octanol–water partition coefficient (Wildman–Crippen LogP) is 1.34. The normalized spacial score (nSPS) is 30.7. The zero-order valence-corrected chi connectivity index (χ0v) is 7.82. The van der Waals surface area contributed by atoms with Gasteiger partial charge in [0.15, 0.2) is 0 Å². The van der Waals surface area contributed by atoms with Gasteiger partial charge in [0.1, 0.15) is 5.78 Å². The average molecular weight is 174 g/mol. The SMILES string of the molecule is CSCC(=O)C1COC(C)C1. The summed E-state index contributed by atoms with van der Waals surface area (Å²) in [5.41, 5.74) is 0. The highest BCUT2D eigenvalue weighted by molar-refractivity contribution is 7.99. The maximum absolute atomic E-state index is 11.3. The Labute approximate surface area is 71.7 Å². The molecule has 2 atom stereocenters. The topological polar surface area (TPSA) is 26.3 Å². The third-order valence-corrected chi connectivity index (χ3v) is 2.51. The summed E-state index contributed by atoms with van der Waals surface area (Å²) < 4.78 is 5.30. The fraction of sp³-hybridized carbons (Fsp3) is 0.875. The molecule has 0 amide bonds. The van der Waals surface area contributed by atoms with E-state index in [9.17, 15) is 4.79 Å². The van der Waals surface area contributed by atoms with Gasteiger partial charge in [-0.1, -0.05) is 0 Å². The van der Waals surface area contributed by atoms with Crippen LogP contribution in [-0.2, 0) is 9.53 Å². The molecule has 1 fully saturated rings. The van der Waals surface area contributed by atoms with Crippen LogP contribution in [0, 0.1) is 5.92 Å². The minimum atomic E-state index is 0.178. The van der Waals surface area contributed by atoms with Crippen molar-refractivity contribution in [2.75, 3.05) is 18.6 Å². The van der Waals surface area contributed by atoms with Gasteiger partial charge in [-0.15, -0.1) is 0 Å². The minimum Gasteiger partial charge on any atom is -0.378 e. The van der Waals surface area contributed by atoms with E-state index in [4.69, 9.17) is 4.74 Å². The largest absolute Gasteiger partial charge is 0.378 e. The zero-order valence-electron chi connectivity index (χ0n) is 7.00. The van der Waals surface area contributed by atoms with Crippen molar-refractivity contribution in [2.24, 2.45) is 5.92 Å². The van der Waals surface area contributed by atoms with Gasteiger partial charge in [-0.05, 0) is 19.6 Å². The molecule has 64 valence electrons. The van der Waals surface area contributed by atoms with Gasteiger partial charge in [0.25, 0.3) is 0 Å². The quantitative estimate of drug-likeness (QED) is 0.646. The van der Waals surface area contributed by atoms with Gasteiger partial charge in [-0.3, -0.25) is 4.79 Å². The number of carbonyl (C=O) groups excluding carboxylic acids is 1. The number of carbonyl (C=O) groups is 1. The molecular weight excluding hydrogens is 160 g/mol. The standard InChI is InChI=1S/C8H14O2S/c1-6-3-7(4-10-6)8(9)5-11-2/h6-7H,3-5H2,1-2H3. The van der Waals surface area contributed by atoms with Crippen LogP contribution in [0.4, 0.5) is 0 Å². The Bertz CT molecular complexity index is 147. The molecule has 3 heteroatoms. The van der Waals surface area contributed by atoms with Crippen molar-refractivity contribution in [1.29, 1.82) is 0 Å². The van der Waals surface area contributed by atoms with E-state index in [0.717, 1.165) is 6.42 Å². The van der Waals surface area contributed by atoms with Gasteiger partial charge >= 0.3 is 0 Å². The molecule has 1 saturated heterocycles. The fourth-order valence-corrected chi connectivity index (χ4v) is 1.82. The summed E-state index contributed by atoms with van der Waals surface area (Å²) >= 11 is 1.59. The molecule has 0 spiro atoms. The molecule has 2 nitrogen and oxygen atoms in total. The number of ether oxygens (including phenoxy) is 1. The molecule has 0 N–H and O–H groups in total. The molecule has 1 aliphatic heterocycles. The van der Waals surface area contributed by atoms with Crippen LogP contribution in [0.3, 0.4) is 0 Å². The molecule has 1 heterocycles. The summed E-state index contributed by atoms with van der Waals surface area (Å²) in [6, 6.07) is 0. The molecule has 0 aromatic heterocycles. The lowest BCUT2D eigenvalue weighted by Crippen LogP contribution is -2.16. The number of hydrogen-bond donors (Lipinski definition) is 0. The molecule has 0 aromatic carbocycles. The molecule has 2 unspecified atom stereocenters. The second kappa shape index (κ2) is 4.12. The first-order valence-corrected chi connectivity index (χ1v) is 5.26. The fourth-order valence-electron chi connectivity index (χ4n) is 1.30. The maximum atomic E-state index is 11.3. The van der Waals surface area contributed by atoms with Gasteiger partial charge < -0.3 is 4.74 Å². The van der Waals surface area contributed by atoms with Crippen molar-refractivity contribution in [3.8, 4) is 0 Å². The first-order valence-electron chi connectivity index (χ1n) is 3.87. The van der Waals surface area contributed by atoms with Gasteiger partial charge in [-0.2, -0.15) is 11.8 Å². The molecular formula is C8H14O2S. The Morgan fingerprint density at radius 3 is 2.91 bits per heavy atom. The second-order valence-corrected chi connectivity index (χ2v) is 3.84. The minimum absolute atomic E-state index is 0.178. The summed E-state index contributed by atoms with van der Waals surface area (Å²) in [5, 5.41) is 0. The van der Waals surface area contributed by atoms with E-state index in [0.29, 0.717) is 18.1 Å². The molecule has 0 bridgehead atoms. The zero-order chi connectivity index (χ0) is 8.27. The van der Waals surface area contributed by atoms with Gasteiger partial charge in [-0.25, -0.2) is 0 Å². The highest BCUT2D eigenvalue weighted by atomic mass is 32.2. The summed E-state index contributed by atoms with van der Waals surface area (Å²) in [4.78, 5) is 11.3. The second-order valence-electron chi connectivity index (χ2n) is 2.98. The van der Waals surface area contributed by atoms with Crippen molar-refractivity contribution < 1.29 is 9.53 Å². The van der Waals surface area contributed by atoms with Crippen molar-refractivity contribution in [3.05, 3.63) is 0 Å². The van der Waals surface area contributed by atoms with E-state index < -0.39 is 0 Å². The molecule has 1 aliphatic rings. The van der Waals surface area contributed by atoms with E-state index in [1.165, 1.54) is 0 Å². The van der Waals surface area contributed by atoms with Crippen LogP contribution in [0.1, 0.15) is 13.3 Å². The van der Waals surface area contributed by atoms with E-state index in [1.54, 1.807) is 11.8 Å². The maximum Gasteiger partial charge on any atom is 0.148 e. The number of hydrogen-bond acceptors (Lipinski definition) is 3. The van der Waals surface area contributed by atoms with Crippen molar-refractivity contribution >= 4 is 17.5 Å². The molecule has 0 aromatic rings. The Balaban J connectivity index is 2.31. The van der Waals surface area contributed by atoms with Gasteiger partial charge in [0.05, 0.1) is 18.5 Å². The van der Waals surface area contributed by atoms with Crippen LogP contribution in [0.15, 0.2) is 0 Å². The molecule has 11 heavy (non-hydrogen) atoms. The van der Waals surface area contributed by atoms with Crippen LogP contribution >= 0.6 is 11.8 Å². The highest BCUT2D eigenvalue weighted by Gasteiger charge is 2.27. The summed E-state index contributed by atoms with van der Waals surface area (Å²) in [6.45, 7) is 2.66. The van der Waals surface area contributed by atoms with E-state index in [1.807, 2.05) is 13.2 Å². The number of Topliss-reactive ketones (excluding diaryl/α,β-unsaturated/α-hetero) is 1. The van der Waals surface area contributed by atoms with E-state index in [2.05, 4.69) is 0 Å². The van der Waals surface area contributed by atoms with Crippen molar-refractivity contribution in [1.82, 2.24) is 0 Å². The first-order chi connectivity index (χ1) is 5.24.